The molecule has 1 fully saturated rings. The van der Waals surface area contributed by atoms with Gasteiger partial charge in [-0.3, -0.25) is 5.10 Å². The molecule has 19 heavy (non-hydrogen) atoms. The third-order valence-electron chi connectivity index (χ3n) is 3.78. The molecular weight excluding hydrogens is 236 g/mol. The lowest BCUT2D eigenvalue weighted by Gasteiger charge is -2.14. The Morgan fingerprint density at radius 2 is 1.89 bits per heavy atom. The largest absolute Gasteiger partial charge is 0.382 e. The zero-order valence-corrected chi connectivity index (χ0v) is 11.1. The molecule has 2 heterocycles. The number of nitrogen functional groups attached to an aromatic ring is 1. The van der Waals surface area contributed by atoms with Crippen molar-refractivity contribution in [3.05, 3.63) is 35.9 Å². The Morgan fingerprint density at radius 3 is 2.53 bits per heavy atom. The molecule has 0 atom stereocenters. The van der Waals surface area contributed by atoms with Crippen molar-refractivity contribution >= 4 is 5.82 Å². The van der Waals surface area contributed by atoms with Crippen molar-refractivity contribution in [2.24, 2.45) is 0 Å². The molecule has 3 rings (SSSR count). The van der Waals surface area contributed by atoms with Crippen molar-refractivity contribution in [3.63, 3.8) is 0 Å². The molecule has 0 aliphatic carbocycles. The third kappa shape index (κ3) is 2.96. The topological polar surface area (TPSA) is 57.9 Å². The molecule has 100 valence electrons. The van der Waals surface area contributed by atoms with Gasteiger partial charge in [0.05, 0.1) is 5.69 Å². The highest BCUT2D eigenvalue weighted by Crippen LogP contribution is 2.19. The third-order valence-corrected chi connectivity index (χ3v) is 3.78. The number of aromatic nitrogens is 2. The Labute approximate surface area is 113 Å². The average Bonchev–Trinajstić information content (AvgIpc) is 3.08. The number of nitrogens with one attached hydrogen (secondary N) is 1. The first-order chi connectivity index (χ1) is 9.31. The second-order valence-corrected chi connectivity index (χ2v) is 5.20. The fraction of sp³-hybridized carbons (Fsp3) is 0.400. The first kappa shape index (κ1) is 12.2. The molecule has 3 N–H and O–H groups in total. The van der Waals surface area contributed by atoms with Gasteiger partial charge in [0.25, 0.3) is 0 Å². The van der Waals surface area contributed by atoms with Gasteiger partial charge in [-0.25, -0.2) is 0 Å². The number of nitrogens with two attached hydrogens (primary N) is 1. The van der Waals surface area contributed by atoms with E-state index in [-0.39, 0.29) is 0 Å². The van der Waals surface area contributed by atoms with Gasteiger partial charge in [0.2, 0.25) is 0 Å². The molecule has 4 nitrogen and oxygen atoms in total. The number of hydrogen-bond donors (Lipinski definition) is 2. The van der Waals surface area contributed by atoms with Gasteiger partial charge < -0.3 is 10.6 Å². The lowest BCUT2D eigenvalue weighted by atomic mass is 10.1. The van der Waals surface area contributed by atoms with Gasteiger partial charge in [-0.2, -0.15) is 5.10 Å². The van der Waals surface area contributed by atoms with Crippen molar-refractivity contribution in [2.45, 2.75) is 19.3 Å². The predicted octanol–water partition coefficient (Wildman–Crippen LogP) is 2.30. The zero-order chi connectivity index (χ0) is 13.1. The van der Waals surface area contributed by atoms with Crippen LogP contribution in [-0.2, 0) is 6.42 Å². The minimum absolute atomic E-state index is 0.535. The minimum Gasteiger partial charge on any atom is -0.382 e. The van der Waals surface area contributed by atoms with Crippen LogP contribution >= 0.6 is 0 Å². The standard InChI is InChI=1S/C15H20N4/c16-15-11-14(17-18-15)13-5-3-12(4-6-13)7-10-19-8-1-2-9-19/h3-6,11H,1-2,7-10H2,(H3,16,17,18). The lowest BCUT2D eigenvalue weighted by molar-refractivity contribution is 0.343. The quantitative estimate of drug-likeness (QED) is 0.882. The summed E-state index contributed by atoms with van der Waals surface area (Å²) in [5.74, 6) is 0.535. The van der Waals surface area contributed by atoms with Gasteiger partial charge >= 0.3 is 0 Å². The molecule has 0 bridgehead atoms. The van der Waals surface area contributed by atoms with Crippen LogP contribution in [0.5, 0.6) is 0 Å². The number of nitrogens with zero attached hydrogens (tertiary/aromatic N) is 2. The predicted molar refractivity (Wildman–Crippen MR) is 77.8 cm³/mol. The first-order valence-electron chi connectivity index (χ1n) is 6.94. The number of benzene rings is 1. The summed E-state index contributed by atoms with van der Waals surface area (Å²) in [5.41, 5.74) is 9.12. The Morgan fingerprint density at radius 1 is 1.16 bits per heavy atom. The van der Waals surface area contributed by atoms with Crippen LogP contribution in [0.25, 0.3) is 11.3 Å². The van der Waals surface area contributed by atoms with E-state index in [1.165, 1.54) is 38.0 Å². The van der Waals surface area contributed by atoms with Gasteiger partial charge in [-0.05, 0) is 43.5 Å². The minimum atomic E-state index is 0.535. The summed E-state index contributed by atoms with van der Waals surface area (Å²) in [6.45, 7) is 3.72. The van der Waals surface area contributed by atoms with Crippen LogP contribution in [-0.4, -0.2) is 34.7 Å². The normalized spacial score (nSPS) is 16.0. The van der Waals surface area contributed by atoms with E-state index in [1.54, 1.807) is 0 Å². The van der Waals surface area contributed by atoms with Crippen molar-refractivity contribution in [1.82, 2.24) is 15.1 Å². The zero-order valence-electron chi connectivity index (χ0n) is 11.1. The fourth-order valence-electron chi connectivity index (χ4n) is 2.63. The Hall–Kier alpha value is -1.81. The van der Waals surface area contributed by atoms with Gasteiger partial charge in [-0.1, -0.05) is 24.3 Å². The second-order valence-electron chi connectivity index (χ2n) is 5.20. The highest BCUT2D eigenvalue weighted by atomic mass is 15.2. The highest BCUT2D eigenvalue weighted by molar-refractivity contribution is 5.62. The Kier molecular flexibility index (Phi) is 3.51. The number of hydrogen-bond acceptors (Lipinski definition) is 3. The SMILES string of the molecule is Nc1cc(-c2ccc(CCN3CCCC3)cc2)[nH]n1. The van der Waals surface area contributed by atoms with Gasteiger partial charge in [-0.15, -0.1) is 0 Å². The molecule has 0 spiro atoms. The molecule has 4 heteroatoms. The molecule has 0 amide bonds. The molecular formula is C15H20N4. The van der Waals surface area contributed by atoms with Crippen LogP contribution in [0.15, 0.2) is 30.3 Å². The van der Waals surface area contributed by atoms with Crippen LogP contribution in [0.1, 0.15) is 18.4 Å². The molecule has 1 aromatic heterocycles. The van der Waals surface area contributed by atoms with Crippen LogP contribution in [0.3, 0.4) is 0 Å². The highest BCUT2D eigenvalue weighted by Gasteiger charge is 2.10. The number of rotatable bonds is 4. The summed E-state index contributed by atoms with van der Waals surface area (Å²) < 4.78 is 0. The average molecular weight is 256 g/mol. The first-order valence-corrected chi connectivity index (χ1v) is 6.94. The maximum Gasteiger partial charge on any atom is 0.145 e. The van der Waals surface area contributed by atoms with E-state index in [9.17, 15) is 0 Å². The van der Waals surface area contributed by atoms with Crippen molar-refractivity contribution in [3.8, 4) is 11.3 Å². The van der Waals surface area contributed by atoms with Crippen molar-refractivity contribution in [2.75, 3.05) is 25.4 Å². The maximum atomic E-state index is 5.62. The number of aromatic amines is 1. The monoisotopic (exact) mass is 256 g/mol. The molecule has 0 unspecified atom stereocenters. The second kappa shape index (κ2) is 5.45. The van der Waals surface area contributed by atoms with Crippen LogP contribution < -0.4 is 5.73 Å². The van der Waals surface area contributed by atoms with Gasteiger partial charge in [0.15, 0.2) is 0 Å². The van der Waals surface area contributed by atoms with Crippen molar-refractivity contribution in [1.29, 1.82) is 0 Å². The van der Waals surface area contributed by atoms with Crippen molar-refractivity contribution < 1.29 is 0 Å². The Bertz CT molecular complexity index is 523. The van der Waals surface area contributed by atoms with Gasteiger partial charge in [0, 0.05) is 12.6 Å². The number of anilines is 1. The molecule has 1 aliphatic rings. The number of likely N-dealkylation sites (tertiary alicyclic amines) is 1. The fourth-order valence-corrected chi connectivity index (χ4v) is 2.63. The van der Waals surface area contributed by atoms with E-state index in [0.29, 0.717) is 5.82 Å². The molecule has 1 saturated heterocycles. The van der Waals surface area contributed by atoms with E-state index < -0.39 is 0 Å². The molecule has 0 saturated carbocycles. The van der Waals surface area contributed by atoms with E-state index in [0.717, 1.165) is 17.7 Å². The van der Waals surface area contributed by atoms with Gasteiger partial charge in [0.1, 0.15) is 5.82 Å². The van der Waals surface area contributed by atoms with Crippen LogP contribution in [0.2, 0.25) is 0 Å². The summed E-state index contributed by atoms with van der Waals surface area (Å²) >= 11 is 0. The van der Waals surface area contributed by atoms with E-state index >= 15 is 0 Å². The summed E-state index contributed by atoms with van der Waals surface area (Å²) in [4.78, 5) is 2.55. The maximum absolute atomic E-state index is 5.62. The van der Waals surface area contributed by atoms with Crippen LogP contribution in [0.4, 0.5) is 5.82 Å². The summed E-state index contributed by atoms with van der Waals surface area (Å²) in [7, 11) is 0. The summed E-state index contributed by atoms with van der Waals surface area (Å²) in [6, 6.07) is 10.5. The van der Waals surface area contributed by atoms with E-state index in [4.69, 9.17) is 5.73 Å². The lowest BCUT2D eigenvalue weighted by Crippen LogP contribution is -2.21. The number of H-pyrrole nitrogens is 1. The molecule has 0 radical (unpaired) electrons. The summed E-state index contributed by atoms with van der Waals surface area (Å²) in [6.07, 6.45) is 3.85. The van der Waals surface area contributed by atoms with Crippen LogP contribution in [0, 0.1) is 0 Å². The molecule has 1 aliphatic heterocycles. The molecule has 2 aromatic rings. The Balaban J connectivity index is 1.62. The summed E-state index contributed by atoms with van der Waals surface area (Å²) in [5, 5.41) is 6.88. The van der Waals surface area contributed by atoms with E-state index in [2.05, 4.69) is 39.4 Å². The molecule has 1 aromatic carbocycles. The van der Waals surface area contributed by atoms with E-state index in [1.807, 2.05) is 6.07 Å². The smallest absolute Gasteiger partial charge is 0.145 e.